The maximum Gasteiger partial charge on any atom is 0.242 e. The van der Waals surface area contributed by atoms with Crippen LogP contribution in [0.15, 0.2) is 17.2 Å². The van der Waals surface area contributed by atoms with E-state index in [0.29, 0.717) is 12.2 Å². The fourth-order valence-electron chi connectivity index (χ4n) is 3.67. The number of nitrogens with one attached hydrogen (secondary N) is 1. The summed E-state index contributed by atoms with van der Waals surface area (Å²) in [6.07, 6.45) is 5.25. The van der Waals surface area contributed by atoms with E-state index in [-0.39, 0.29) is 10.8 Å². The van der Waals surface area contributed by atoms with Gasteiger partial charge < -0.3 is 5.73 Å². The molecule has 132 valence electrons. The normalized spacial score (nSPS) is 25.2. The van der Waals surface area contributed by atoms with E-state index in [1.807, 2.05) is 6.92 Å². The Bertz CT molecular complexity index is 861. The van der Waals surface area contributed by atoms with E-state index in [1.54, 1.807) is 17.8 Å². The second kappa shape index (κ2) is 6.09. The summed E-state index contributed by atoms with van der Waals surface area (Å²) in [5, 5.41) is 5.04. The van der Waals surface area contributed by atoms with Crippen LogP contribution in [-0.2, 0) is 17.1 Å². The van der Waals surface area contributed by atoms with E-state index in [2.05, 4.69) is 21.7 Å². The number of rotatable bonds is 4. The van der Waals surface area contributed by atoms with Gasteiger partial charge >= 0.3 is 0 Å². The van der Waals surface area contributed by atoms with Gasteiger partial charge in [0.25, 0.3) is 0 Å². The monoisotopic (exact) mass is 351 g/mol. The van der Waals surface area contributed by atoms with E-state index in [0.717, 1.165) is 36.8 Å². The van der Waals surface area contributed by atoms with Crippen molar-refractivity contribution in [1.82, 2.24) is 19.5 Å². The van der Waals surface area contributed by atoms with Gasteiger partial charge in [-0.1, -0.05) is 19.8 Å². The molecule has 8 heteroatoms. The highest BCUT2D eigenvalue weighted by Gasteiger charge is 2.40. The average Bonchev–Trinajstić information content (AvgIpc) is 2.84. The summed E-state index contributed by atoms with van der Waals surface area (Å²) in [7, 11) is -1.90. The molecule has 1 fully saturated rings. The summed E-state index contributed by atoms with van der Waals surface area (Å²) < 4.78 is 30.4. The van der Waals surface area contributed by atoms with Crippen LogP contribution in [0.1, 0.15) is 38.3 Å². The molecule has 2 atom stereocenters. The molecule has 2 heterocycles. The first kappa shape index (κ1) is 17.3. The van der Waals surface area contributed by atoms with Crippen molar-refractivity contribution in [3.8, 4) is 0 Å². The van der Waals surface area contributed by atoms with Gasteiger partial charge in [-0.2, -0.15) is 5.10 Å². The lowest BCUT2D eigenvalue weighted by Gasteiger charge is -2.42. The van der Waals surface area contributed by atoms with E-state index in [4.69, 9.17) is 5.73 Å². The minimum absolute atomic E-state index is 0.164. The van der Waals surface area contributed by atoms with Crippen molar-refractivity contribution in [3.63, 3.8) is 0 Å². The first-order valence-electron chi connectivity index (χ1n) is 8.32. The van der Waals surface area contributed by atoms with Crippen LogP contribution in [0.4, 0.5) is 0 Å². The zero-order valence-electron chi connectivity index (χ0n) is 14.4. The Morgan fingerprint density at radius 1 is 1.46 bits per heavy atom. The fraction of sp³-hybridized carbons (Fsp3) is 0.625. The Morgan fingerprint density at radius 3 is 2.88 bits per heavy atom. The van der Waals surface area contributed by atoms with Crippen LogP contribution in [0.5, 0.6) is 0 Å². The summed E-state index contributed by atoms with van der Waals surface area (Å²) in [6, 6.07) is 1.64. The molecule has 0 radical (unpaired) electrons. The molecular formula is C16H25N5O2S. The van der Waals surface area contributed by atoms with Crippen LogP contribution in [-0.4, -0.2) is 35.3 Å². The Hall–Kier alpha value is -1.51. The lowest BCUT2D eigenvalue weighted by Crippen LogP contribution is -2.58. The van der Waals surface area contributed by atoms with E-state index < -0.39 is 15.6 Å². The molecule has 3 N–H and O–H groups in total. The summed E-state index contributed by atoms with van der Waals surface area (Å²) in [6.45, 7) is 4.22. The van der Waals surface area contributed by atoms with Gasteiger partial charge in [-0.15, -0.1) is 0 Å². The molecule has 2 unspecified atom stereocenters. The number of nitrogens with two attached hydrogens (primary N) is 1. The molecule has 0 saturated heterocycles. The van der Waals surface area contributed by atoms with Crippen molar-refractivity contribution in [2.75, 3.05) is 6.54 Å². The van der Waals surface area contributed by atoms with Gasteiger partial charge in [0.1, 0.15) is 4.90 Å². The highest BCUT2D eigenvalue weighted by atomic mass is 32.2. The quantitative estimate of drug-likeness (QED) is 0.868. The number of hydrogen-bond donors (Lipinski definition) is 2. The molecule has 3 rings (SSSR count). The maximum atomic E-state index is 12.9. The molecule has 1 aliphatic carbocycles. The Labute approximate surface area is 142 Å². The molecule has 0 bridgehead atoms. The molecule has 0 spiro atoms. The molecule has 0 amide bonds. The van der Waals surface area contributed by atoms with Gasteiger partial charge in [0.15, 0.2) is 5.65 Å². The Balaban J connectivity index is 1.99. The minimum Gasteiger partial charge on any atom is -0.329 e. The Morgan fingerprint density at radius 2 is 2.21 bits per heavy atom. The third kappa shape index (κ3) is 2.82. The number of fused-ring (bicyclic) bond motifs is 1. The van der Waals surface area contributed by atoms with Gasteiger partial charge in [-0.05, 0) is 31.7 Å². The van der Waals surface area contributed by atoms with Crippen molar-refractivity contribution >= 4 is 21.1 Å². The van der Waals surface area contributed by atoms with Gasteiger partial charge in [-0.25, -0.2) is 18.1 Å². The minimum atomic E-state index is -3.69. The lowest BCUT2D eigenvalue weighted by atomic mass is 9.74. The molecular weight excluding hydrogens is 326 g/mol. The number of nitrogens with zero attached hydrogens (tertiary/aromatic N) is 3. The average molecular weight is 351 g/mol. The Kier molecular flexibility index (Phi) is 4.39. The summed E-state index contributed by atoms with van der Waals surface area (Å²) in [5.74, 6) is 0.211. The highest BCUT2D eigenvalue weighted by molar-refractivity contribution is 7.89. The molecule has 2 aromatic rings. The maximum absolute atomic E-state index is 12.9. The van der Waals surface area contributed by atoms with E-state index >= 15 is 0 Å². The van der Waals surface area contributed by atoms with Gasteiger partial charge in [0, 0.05) is 30.7 Å². The number of sulfonamides is 1. The summed E-state index contributed by atoms with van der Waals surface area (Å²) in [4.78, 5) is 4.44. The molecule has 24 heavy (non-hydrogen) atoms. The summed E-state index contributed by atoms with van der Waals surface area (Å²) >= 11 is 0. The standard InChI is InChI=1S/C16H25N5O2S/c1-11-6-4-5-7-16(11,10-17)20-24(22,23)13-8-14-12(2)19-21(3)15(14)18-9-13/h8-9,11,20H,4-7,10,17H2,1-3H3. The van der Waals surface area contributed by atoms with Crippen molar-refractivity contribution < 1.29 is 8.42 Å². The first-order chi connectivity index (χ1) is 11.3. The van der Waals surface area contributed by atoms with Gasteiger partial charge in [0.05, 0.1) is 5.69 Å². The van der Waals surface area contributed by atoms with Crippen LogP contribution in [0.25, 0.3) is 11.0 Å². The van der Waals surface area contributed by atoms with Crippen molar-refractivity contribution in [2.24, 2.45) is 18.7 Å². The van der Waals surface area contributed by atoms with Gasteiger partial charge in [0.2, 0.25) is 10.0 Å². The molecule has 1 saturated carbocycles. The van der Waals surface area contributed by atoms with E-state index in [1.165, 1.54) is 6.20 Å². The largest absolute Gasteiger partial charge is 0.329 e. The van der Waals surface area contributed by atoms with Crippen molar-refractivity contribution in [1.29, 1.82) is 0 Å². The van der Waals surface area contributed by atoms with Crippen LogP contribution < -0.4 is 10.5 Å². The van der Waals surface area contributed by atoms with Crippen LogP contribution in [0.3, 0.4) is 0 Å². The topological polar surface area (TPSA) is 103 Å². The fourth-order valence-corrected chi connectivity index (χ4v) is 5.18. The molecule has 0 aromatic carbocycles. The molecule has 1 aliphatic rings. The van der Waals surface area contributed by atoms with Crippen molar-refractivity contribution in [3.05, 3.63) is 18.0 Å². The third-order valence-corrected chi connectivity index (χ3v) is 6.82. The zero-order chi connectivity index (χ0) is 17.5. The number of pyridine rings is 1. The number of aromatic nitrogens is 3. The number of aryl methyl sites for hydroxylation is 2. The molecule has 0 aliphatic heterocycles. The van der Waals surface area contributed by atoms with Crippen LogP contribution in [0, 0.1) is 12.8 Å². The predicted molar refractivity (Wildman–Crippen MR) is 93.0 cm³/mol. The molecule has 7 nitrogen and oxygen atoms in total. The van der Waals surface area contributed by atoms with Crippen LogP contribution >= 0.6 is 0 Å². The molecule has 2 aromatic heterocycles. The summed E-state index contributed by atoms with van der Waals surface area (Å²) in [5.41, 5.74) is 6.84. The first-order valence-corrected chi connectivity index (χ1v) is 9.81. The predicted octanol–water partition coefficient (Wildman–Crippen LogP) is 1.46. The second-order valence-corrected chi connectivity index (χ2v) is 8.55. The smallest absolute Gasteiger partial charge is 0.242 e. The van der Waals surface area contributed by atoms with Crippen molar-refractivity contribution in [2.45, 2.75) is 50.0 Å². The second-order valence-electron chi connectivity index (χ2n) is 6.86. The third-order valence-electron chi connectivity index (χ3n) is 5.30. The van der Waals surface area contributed by atoms with E-state index in [9.17, 15) is 8.42 Å². The number of hydrogen-bond acceptors (Lipinski definition) is 5. The highest BCUT2D eigenvalue weighted by Crippen LogP contribution is 2.34. The zero-order valence-corrected chi connectivity index (χ0v) is 15.2. The van der Waals surface area contributed by atoms with Crippen LogP contribution in [0.2, 0.25) is 0 Å². The SMILES string of the molecule is Cc1nn(C)c2ncc(S(=O)(=O)NC3(CN)CCCCC3C)cc12. The van der Waals surface area contributed by atoms with Gasteiger partial charge in [-0.3, -0.25) is 4.68 Å². The lowest BCUT2D eigenvalue weighted by molar-refractivity contribution is 0.191.